The van der Waals surface area contributed by atoms with Gasteiger partial charge in [-0.25, -0.2) is 4.68 Å². The molecule has 3 aromatic rings. The van der Waals surface area contributed by atoms with Gasteiger partial charge in [-0.3, -0.25) is 4.79 Å². The van der Waals surface area contributed by atoms with Gasteiger partial charge in [0, 0.05) is 5.70 Å². The summed E-state index contributed by atoms with van der Waals surface area (Å²) in [6.45, 7) is 8.81. The van der Waals surface area contributed by atoms with Crippen LogP contribution in [0.2, 0.25) is 0 Å². The molecule has 9 heteroatoms. The SMILES string of the molecule is C=C1Nc2nnnn2C(c2ccc(OCc3ccccc3)c(OCC)c2)C1C(=O)OCC. The van der Waals surface area contributed by atoms with Crippen molar-refractivity contribution < 1.29 is 19.0 Å². The Labute approximate surface area is 186 Å². The fourth-order valence-electron chi connectivity index (χ4n) is 3.68. The highest BCUT2D eigenvalue weighted by molar-refractivity contribution is 5.79. The zero-order valence-electron chi connectivity index (χ0n) is 18.0. The van der Waals surface area contributed by atoms with Crippen molar-refractivity contribution in [2.45, 2.75) is 26.5 Å². The lowest BCUT2D eigenvalue weighted by Gasteiger charge is -2.32. The van der Waals surface area contributed by atoms with Crippen molar-refractivity contribution in [3.05, 3.63) is 71.9 Å². The van der Waals surface area contributed by atoms with Crippen molar-refractivity contribution in [2.75, 3.05) is 18.5 Å². The molecule has 9 nitrogen and oxygen atoms in total. The maximum atomic E-state index is 12.8. The number of aromatic nitrogens is 4. The minimum absolute atomic E-state index is 0.258. The van der Waals surface area contributed by atoms with Crippen LogP contribution in [0, 0.1) is 5.92 Å². The van der Waals surface area contributed by atoms with Gasteiger partial charge in [-0.15, -0.1) is 0 Å². The molecule has 1 N–H and O–H groups in total. The number of nitrogens with zero attached hydrogens (tertiary/aromatic N) is 4. The first-order chi connectivity index (χ1) is 15.6. The first-order valence-electron chi connectivity index (χ1n) is 10.5. The third-order valence-corrected chi connectivity index (χ3v) is 5.11. The molecular formula is C23H25N5O4. The number of hydrogen-bond donors (Lipinski definition) is 1. The number of ether oxygens (including phenoxy) is 3. The first-order valence-corrected chi connectivity index (χ1v) is 10.5. The molecule has 166 valence electrons. The molecule has 0 amide bonds. The molecule has 2 aromatic carbocycles. The summed E-state index contributed by atoms with van der Waals surface area (Å²) < 4.78 is 18.7. The third-order valence-electron chi connectivity index (χ3n) is 5.11. The largest absolute Gasteiger partial charge is 0.490 e. The van der Waals surface area contributed by atoms with Gasteiger partial charge in [0.05, 0.1) is 13.2 Å². The molecule has 0 radical (unpaired) electrons. The Morgan fingerprint density at radius 2 is 1.91 bits per heavy atom. The molecule has 4 rings (SSSR count). The molecule has 32 heavy (non-hydrogen) atoms. The summed E-state index contributed by atoms with van der Waals surface area (Å²) in [5, 5.41) is 14.8. The number of esters is 1. The fraction of sp³-hybridized carbons (Fsp3) is 0.304. The van der Waals surface area contributed by atoms with E-state index < -0.39 is 17.9 Å². The van der Waals surface area contributed by atoms with Crippen molar-refractivity contribution in [3.8, 4) is 11.5 Å². The summed E-state index contributed by atoms with van der Waals surface area (Å²) in [6.07, 6.45) is 0. The van der Waals surface area contributed by atoms with E-state index in [4.69, 9.17) is 14.2 Å². The molecule has 0 aliphatic carbocycles. The van der Waals surface area contributed by atoms with Crippen molar-refractivity contribution in [3.63, 3.8) is 0 Å². The number of benzene rings is 2. The first kappa shape index (κ1) is 21.4. The number of anilines is 1. The lowest BCUT2D eigenvalue weighted by Crippen LogP contribution is -2.37. The number of nitrogens with one attached hydrogen (secondary N) is 1. The Balaban J connectivity index is 1.69. The molecule has 0 saturated heterocycles. The zero-order chi connectivity index (χ0) is 22.5. The predicted molar refractivity (Wildman–Crippen MR) is 117 cm³/mol. The van der Waals surface area contributed by atoms with Crippen LogP contribution in [0.4, 0.5) is 5.95 Å². The van der Waals surface area contributed by atoms with Crippen LogP contribution >= 0.6 is 0 Å². The topological polar surface area (TPSA) is 100 Å². The van der Waals surface area contributed by atoms with Gasteiger partial charge < -0.3 is 19.5 Å². The van der Waals surface area contributed by atoms with E-state index in [0.29, 0.717) is 36.4 Å². The second kappa shape index (κ2) is 9.51. The maximum Gasteiger partial charge on any atom is 0.317 e. The average molecular weight is 435 g/mol. The van der Waals surface area contributed by atoms with E-state index in [1.807, 2.05) is 55.5 Å². The summed E-state index contributed by atoms with van der Waals surface area (Å²) >= 11 is 0. The summed E-state index contributed by atoms with van der Waals surface area (Å²) in [4.78, 5) is 12.8. The van der Waals surface area contributed by atoms with Gasteiger partial charge in [0.1, 0.15) is 18.6 Å². The second-order valence-electron chi connectivity index (χ2n) is 7.19. The molecule has 0 fully saturated rings. The van der Waals surface area contributed by atoms with Crippen molar-refractivity contribution in [1.29, 1.82) is 0 Å². The molecule has 1 aliphatic heterocycles. The fourth-order valence-corrected chi connectivity index (χ4v) is 3.68. The molecule has 1 aromatic heterocycles. The van der Waals surface area contributed by atoms with Crippen LogP contribution in [0.1, 0.15) is 31.0 Å². The van der Waals surface area contributed by atoms with E-state index >= 15 is 0 Å². The van der Waals surface area contributed by atoms with Crippen LogP contribution in [0.3, 0.4) is 0 Å². The van der Waals surface area contributed by atoms with Gasteiger partial charge in [-0.2, -0.15) is 0 Å². The molecule has 1 aliphatic rings. The van der Waals surface area contributed by atoms with Crippen molar-refractivity contribution in [2.24, 2.45) is 5.92 Å². The van der Waals surface area contributed by atoms with E-state index in [0.717, 1.165) is 11.1 Å². The predicted octanol–water partition coefficient (Wildman–Crippen LogP) is 3.36. The highest BCUT2D eigenvalue weighted by atomic mass is 16.5. The van der Waals surface area contributed by atoms with Crippen LogP contribution in [0.5, 0.6) is 11.5 Å². The molecule has 0 spiro atoms. The van der Waals surface area contributed by atoms with Gasteiger partial charge in [0.2, 0.25) is 5.95 Å². The zero-order valence-corrected chi connectivity index (χ0v) is 18.0. The van der Waals surface area contributed by atoms with Gasteiger partial charge in [-0.1, -0.05) is 48.1 Å². The molecule has 2 atom stereocenters. The standard InChI is InChI=1S/C23H25N5O4/c1-4-30-19-13-17(11-12-18(19)32-14-16-9-7-6-8-10-16)21-20(22(29)31-5-2)15(3)24-23-25-26-27-28(21)23/h6-13,20-21H,3-5,14H2,1-2H3,(H,24,25,27). The Bertz CT molecular complexity index is 1100. The maximum absolute atomic E-state index is 12.8. The number of tetrazole rings is 1. The quantitative estimate of drug-likeness (QED) is 0.538. The van der Waals surface area contributed by atoms with Gasteiger partial charge >= 0.3 is 5.97 Å². The number of hydrogen-bond acceptors (Lipinski definition) is 8. The minimum atomic E-state index is -0.712. The Kier molecular flexibility index (Phi) is 6.34. The second-order valence-corrected chi connectivity index (χ2v) is 7.19. The Hall–Kier alpha value is -3.88. The normalized spacial score (nSPS) is 17.2. The van der Waals surface area contributed by atoms with Crippen LogP contribution in [0.25, 0.3) is 0 Å². The lowest BCUT2D eigenvalue weighted by molar-refractivity contribution is -0.147. The van der Waals surface area contributed by atoms with Crippen LogP contribution in [-0.4, -0.2) is 39.4 Å². The molecule has 2 unspecified atom stereocenters. The Morgan fingerprint density at radius 3 is 2.66 bits per heavy atom. The smallest absolute Gasteiger partial charge is 0.317 e. The molecule has 0 bridgehead atoms. The lowest BCUT2D eigenvalue weighted by atomic mass is 9.89. The third kappa shape index (κ3) is 4.27. The van der Waals surface area contributed by atoms with Crippen LogP contribution in [-0.2, 0) is 16.1 Å². The van der Waals surface area contributed by atoms with Gasteiger partial charge in [0.25, 0.3) is 0 Å². The summed E-state index contributed by atoms with van der Waals surface area (Å²) in [5.74, 6) is 0.470. The summed E-state index contributed by atoms with van der Waals surface area (Å²) in [6, 6.07) is 14.9. The number of carbonyl (C=O) groups is 1. The van der Waals surface area contributed by atoms with E-state index in [1.165, 1.54) is 0 Å². The van der Waals surface area contributed by atoms with Crippen molar-refractivity contribution >= 4 is 11.9 Å². The van der Waals surface area contributed by atoms with Crippen LogP contribution < -0.4 is 14.8 Å². The Morgan fingerprint density at radius 1 is 1.09 bits per heavy atom. The number of carbonyl (C=O) groups excluding carboxylic acids is 1. The summed E-state index contributed by atoms with van der Waals surface area (Å²) in [7, 11) is 0. The molecule has 2 heterocycles. The monoisotopic (exact) mass is 435 g/mol. The highest BCUT2D eigenvalue weighted by Gasteiger charge is 2.41. The highest BCUT2D eigenvalue weighted by Crippen LogP contribution is 2.40. The van der Waals surface area contributed by atoms with E-state index in [-0.39, 0.29) is 6.61 Å². The van der Waals surface area contributed by atoms with E-state index in [2.05, 4.69) is 27.4 Å². The van der Waals surface area contributed by atoms with Gasteiger partial charge in [0.15, 0.2) is 11.5 Å². The average Bonchev–Trinajstić information content (AvgIpc) is 3.26. The minimum Gasteiger partial charge on any atom is -0.490 e. The number of fused-ring (bicyclic) bond motifs is 1. The number of rotatable bonds is 8. The van der Waals surface area contributed by atoms with E-state index in [1.54, 1.807) is 11.6 Å². The van der Waals surface area contributed by atoms with Crippen LogP contribution in [0.15, 0.2) is 60.8 Å². The molecular weight excluding hydrogens is 410 g/mol. The van der Waals surface area contributed by atoms with Gasteiger partial charge in [-0.05, 0) is 47.5 Å². The molecule has 0 saturated carbocycles. The summed E-state index contributed by atoms with van der Waals surface area (Å²) in [5.41, 5.74) is 2.29. The van der Waals surface area contributed by atoms with Crippen molar-refractivity contribution in [1.82, 2.24) is 20.2 Å². The van der Waals surface area contributed by atoms with E-state index in [9.17, 15) is 4.79 Å².